The van der Waals surface area contributed by atoms with E-state index in [1.807, 2.05) is 11.8 Å². The van der Waals surface area contributed by atoms with Gasteiger partial charge >= 0.3 is 12.1 Å². The van der Waals surface area contributed by atoms with Gasteiger partial charge in [0.2, 0.25) is 11.8 Å². The molecule has 0 unspecified atom stereocenters. The summed E-state index contributed by atoms with van der Waals surface area (Å²) in [5.41, 5.74) is -0.582. The fourth-order valence-electron chi connectivity index (χ4n) is 6.67. The van der Waals surface area contributed by atoms with Gasteiger partial charge in [0.25, 0.3) is 5.91 Å². The van der Waals surface area contributed by atoms with Gasteiger partial charge in [-0.05, 0) is 65.0 Å². The predicted octanol–water partition coefficient (Wildman–Crippen LogP) is 4.76. The van der Waals surface area contributed by atoms with E-state index in [-0.39, 0.29) is 42.7 Å². The summed E-state index contributed by atoms with van der Waals surface area (Å²) in [6.07, 6.45) is 5.28. The second kappa shape index (κ2) is 14.2. The van der Waals surface area contributed by atoms with Crippen LogP contribution in [0.15, 0.2) is 29.0 Å². The molecule has 6 rings (SSSR count). The predicted molar refractivity (Wildman–Crippen MR) is 171 cm³/mol. The van der Waals surface area contributed by atoms with Crippen LogP contribution in [-0.4, -0.2) is 94.0 Å². The summed E-state index contributed by atoms with van der Waals surface area (Å²) in [7, 11) is 0. The lowest BCUT2D eigenvalue weighted by atomic mass is 9.93. The fourth-order valence-corrected chi connectivity index (χ4v) is 6.67. The first-order chi connectivity index (χ1) is 23.4. The highest BCUT2D eigenvalue weighted by Crippen LogP contribution is 2.33. The summed E-state index contributed by atoms with van der Waals surface area (Å²) in [6.45, 7) is 9.73. The molecule has 13 nitrogen and oxygen atoms in total. The SMILES string of the molecule is CCN(C(=O)c1cnc(N2C[C@H](NC(=O)OC(C)(C)C)[C@@H](c3cc(F)c(F)cc3F)C2)nc1)C1CCN(c2nc([C@@H]3CCCO3)no2)CC1. The molecule has 0 radical (unpaired) electrons. The van der Waals surface area contributed by atoms with Crippen LogP contribution in [0, 0.1) is 17.5 Å². The minimum atomic E-state index is -1.31. The Morgan fingerprint density at radius 3 is 2.39 bits per heavy atom. The molecule has 3 atom stereocenters. The Morgan fingerprint density at radius 2 is 1.73 bits per heavy atom. The van der Waals surface area contributed by atoms with Crippen molar-refractivity contribution in [3.05, 3.63) is 58.9 Å². The molecule has 3 aliphatic heterocycles. The van der Waals surface area contributed by atoms with Crippen molar-refractivity contribution in [2.45, 2.75) is 83.1 Å². The van der Waals surface area contributed by atoms with E-state index in [4.69, 9.17) is 14.0 Å². The van der Waals surface area contributed by atoms with E-state index >= 15 is 0 Å². The molecule has 16 heteroatoms. The normalized spacial score (nSPS) is 21.7. The van der Waals surface area contributed by atoms with Crippen molar-refractivity contribution in [2.24, 2.45) is 0 Å². The molecule has 0 spiro atoms. The summed E-state index contributed by atoms with van der Waals surface area (Å²) >= 11 is 0. The lowest BCUT2D eigenvalue weighted by Gasteiger charge is -2.37. The molecule has 1 aromatic carbocycles. The number of carbonyl (C=O) groups is 2. The van der Waals surface area contributed by atoms with E-state index in [0.717, 1.165) is 18.9 Å². The van der Waals surface area contributed by atoms with Crippen LogP contribution < -0.4 is 15.1 Å². The maximum Gasteiger partial charge on any atom is 0.407 e. The monoisotopic (exact) mass is 686 g/mol. The summed E-state index contributed by atoms with van der Waals surface area (Å²) in [4.78, 5) is 45.2. The quantitative estimate of drug-likeness (QED) is 0.329. The first-order valence-electron chi connectivity index (χ1n) is 16.6. The number of benzene rings is 1. The number of anilines is 2. The molecule has 1 N–H and O–H groups in total. The van der Waals surface area contributed by atoms with Gasteiger partial charge in [0.15, 0.2) is 11.6 Å². The molecule has 2 amide bonds. The second-order valence-corrected chi connectivity index (χ2v) is 13.6. The highest BCUT2D eigenvalue weighted by molar-refractivity contribution is 5.94. The molecular weight excluding hydrogens is 645 g/mol. The van der Waals surface area contributed by atoms with E-state index in [1.165, 1.54) is 12.4 Å². The summed E-state index contributed by atoms with van der Waals surface area (Å²) in [5, 5.41) is 6.84. The molecule has 3 saturated heterocycles. The smallest absolute Gasteiger partial charge is 0.407 e. The second-order valence-electron chi connectivity index (χ2n) is 13.6. The highest BCUT2D eigenvalue weighted by atomic mass is 19.2. The molecule has 0 saturated carbocycles. The average molecular weight is 687 g/mol. The third-order valence-electron chi connectivity index (χ3n) is 9.06. The van der Waals surface area contributed by atoms with Gasteiger partial charge in [0.1, 0.15) is 17.5 Å². The number of hydrogen-bond acceptors (Lipinski definition) is 11. The Bertz CT molecular complexity index is 1640. The minimum absolute atomic E-state index is 0.0148. The Kier molecular flexibility index (Phi) is 9.95. The molecule has 49 heavy (non-hydrogen) atoms. The summed E-state index contributed by atoms with van der Waals surface area (Å²) < 4.78 is 59.4. The number of hydrogen-bond donors (Lipinski definition) is 1. The Labute approximate surface area is 282 Å². The number of nitrogens with zero attached hydrogens (tertiary/aromatic N) is 7. The van der Waals surface area contributed by atoms with Gasteiger partial charge in [-0.1, -0.05) is 5.16 Å². The molecule has 0 aliphatic carbocycles. The number of aromatic nitrogens is 4. The van der Waals surface area contributed by atoms with E-state index in [0.29, 0.717) is 62.6 Å². The number of carbonyl (C=O) groups excluding carboxylic acids is 2. The van der Waals surface area contributed by atoms with Crippen LogP contribution in [0.25, 0.3) is 0 Å². The molecule has 0 bridgehead atoms. The Morgan fingerprint density at radius 1 is 1.02 bits per heavy atom. The van der Waals surface area contributed by atoms with Gasteiger partial charge in [-0.15, -0.1) is 0 Å². The first kappa shape index (κ1) is 34.4. The summed E-state index contributed by atoms with van der Waals surface area (Å²) in [5.74, 6) is -3.62. The molecule has 3 fully saturated rings. The maximum atomic E-state index is 14.9. The van der Waals surface area contributed by atoms with Crippen LogP contribution in [0.3, 0.4) is 0 Å². The number of nitrogens with one attached hydrogen (secondary N) is 1. The van der Waals surface area contributed by atoms with Crippen LogP contribution in [0.1, 0.15) is 87.1 Å². The van der Waals surface area contributed by atoms with Crippen molar-refractivity contribution in [3.8, 4) is 0 Å². The fraction of sp³-hybridized carbons (Fsp3) is 0.576. The number of halogens is 3. The number of piperidine rings is 1. The molecule has 264 valence electrons. The van der Waals surface area contributed by atoms with E-state index in [1.54, 1.807) is 30.6 Å². The third-order valence-corrected chi connectivity index (χ3v) is 9.06. The molecule has 3 aliphatic rings. The van der Waals surface area contributed by atoms with Crippen molar-refractivity contribution in [1.82, 2.24) is 30.3 Å². The maximum absolute atomic E-state index is 14.9. The van der Waals surface area contributed by atoms with Crippen LogP contribution in [-0.2, 0) is 9.47 Å². The molecule has 5 heterocycles. The van der Waals surface area contributed by atoms with Crippen molar-refractivity contribution in [2.75, 3.05) is 49.1 Å². The van der Waals surface area contributed by atoms with Crippen LogP contribution in [0.2, 0.25) is 0 Å². The zero-order valence-electron chi connectivity index (χ0n) is 28.0. The van der Waals surface area contributed by atoms with Crippen molar-refractivity contribution in [1.29, 1.82) is 0 Å². The zero-order valence-corrected chi connectivity index (χ0v) is 28.0. The summed E-state index contributed by atoms with van der Waals surface area (Å²) in [6, 6.07) is 1.00. The van der Waals surface area contributed by atoms with Crippen LogP contribution in [0.5, 0.6) is 0 Å². The molecular formula is C33H41F3N8O5. The molecule has 3 aromatic rings. The van der Waals surface area contributed by atoms with E-state index in [2.05, 4.69) is 25.4 Å². The Hall–Kier alpha value is -4.47. The van der Waals surface area contributed by atoms with Crippen molar-refractivity contribution in [3.63, 3.8) is 0 Å². The van der Waals surface area contributed by atoms with Crippen LogP contribution >= 0.6 is 0 Å². The molecule has 2 aromatic heterocycles. The third kappa shape index (κ3) is 7.73. The minimum Gasteiger partial charge on any atom is -0.444 e. The van der Waals surface area contributed by atoms with Gasteiger partial charge in [-0.25, -0.2) is 27.9 Å². The number of amides is 2. The highest BCUT2D eigenvalue weighted by Gasteiger charge is 2.39. The van der Waals surface area contributed by atoms with Gasteiger partial charge in [0, 0.05) is 69.8 Å². The number of rotatable bonds is 8. The number of alkyl carbamates (subject to hydrolysis) is 1. The lowest BCUT2D eigenvalue weighted by molar-refractivity contribution is 0.0504. The van der Waals surface area contributed by atoms with Crippen molar-refractivity contribution < 1.29 is 36.8 Å². The van der Waals surface area contributed by atoms with Gasteiger partial charge in [-0.2, -0.15) is 4.98 Å². The van der Waals surface area contributed by atoms with Crippen molar-refractivity contribution >= 4 is 24.0 Å². The lowest BCUT2D eigenvalue weighted by Crippen LogP contribution is -2.47. The van der Waals surface area contributed by atoms with E-state index < -0.39 is 41.1 Å². The van der Waals surface area contributed by atoms with Gasteiger partial charge in [0.05, 0.1) is 11.6 Å². The van der Waals surface area contributed by atoms with Crippen LogP contribution in [0.4, 0.5) is 29.9 Å². The van der Waals surface area contributed by atoms with E-state index in [9.17, 15) is 22.8 Å². The largest absolute Gasteiger partial charge is 0.444 e. The van der Waals surface area contributed by atoms with Gasteiger partial charge in [-0.3, -0.25) is 4.79 Å². The topological polar surface area (TPSA) is 139 Å². The van der Waals surface area contributed by atoms with Gasteiger partial charge < -0.3 is 34.0 Å². The Balaban J connectivity index is 1.11. The number of ether oxygens (including phenoxy) is 2. The standard InChI is InChI=1S/C33H41F3N8O5/c1-5-44(20-8-10-42(11-9-20)31-40-28(41-49-31)27-7-6-12-47-27)29(45)19-15-37-30(38-16-19)43-17-22(21-13-24(35)25(36)14-23(21)34)26(18-43)39-32(46)48-33(2,3)4/h13-16,20,22,26-27H,5-12,17-18H2,1-4H3,(H,39,46)/t22-,26+,27+/m1/s1. The first-order valence-corrected chi connectivity index (χ1v) is 16.6. The zero-order chi connectivity index (χ0) is 34.9. The average Bonchev–Trinajstić information content (AvgIpc) is 3.85.